The summed E-state index contributed by atoms with van der Waals surface area (Å²) in [5.74, 6) is 0.960. The van der Waals surface area contributed by atoms with Gasteiger partial charge in [-0.25, -0.2) is 0 Å². The van der Waals surface area contributed by atoms with Gasteiger partial charge in [0, 0.05) is 11.4 Å². The maximum absolute atomic E-state index is 12.5. The van der Waals surface area contributed by atoms with Crippen molar-refractivity contribution in [3.63, 3.8) is 0 Å². The van der Waals surface area contributed by atoms with Gasteiger partial charge in [-0.15, -0.1) is 11.6 Å². The number of carbonyl (C=O) groups excluding carboxylic acids is 1. The zero-order chi connectivity index (χ0) is 14.7. The van der Waals surface area contributed by atoms with Crippen molar-refractivity contribution in [3.05, 3.63) is 71.3 Å². The number of hydrogen-bond donors (Lipinski definition) is 1. The molecular weight excluding hydrogens is 282 g/mol. The van der Waals surface area contributed by atoms with Crippen molar-refractivity contribution in [2.75, 3.05) is 0 Å². The molecule has 0 radical (unpaired) electrons. The zero-order valence-corrected chi connectivity index (χ0v) is 12.5. The highest BCUT2D eigenvalue weighted by Crippen LogP contribution is 2.41. The van der Waals surface area contributed by atoms with E-state index < -0.39 is 0 Å². The van der Waals surface area contributed by atoms with E-state index >= 15 is 0 Å². The summed E-state index contributed by atoms with van der Waals surface area (Å²) in [4.78, 5) is 12.5. The van der Waals surface area contributed by atoms with Crippen molar-refractivity contribution in [2.45, 2.75) is 24.8 Å². The maximum atomic E-state index is 12.5. The minimum atomic E-state index is -0.0253. The molecule has 108 valence electrons. The third-order valence-electron chi connectivity index (χ3n) is 3.88. The molecule has 0 saturated heterocycles. The second kappa shape index (κ2) is 6.31. The first-order chi connectivity index (χ1) is 10.3. The zero-order valence-electron chi connectivity index (χ0n) is 11.8. The summed E-state index contributed by atoms with van der Waals surface area (Å²) in [5, 5.41) is 3.18. The van der Waals surface area contributed by atoms with E-state index in [2.05, 4.69) is 17.4 Å². The topological polar surface area (TPSA) is 29.1 Å². The first-order valence-electron chi connectivity index (χ1n) is 7.28. The molecule has 21 heavy (non-hydrogen) atoms. The van der Waals surface area contributed by atoms with Crippen LogP contribution in [0.15, 0.2) is 54.6 Å². The highest BCUT2D eigenvalue weighted by molar-refractivity contribution is 6.17. The Kier molecular flexibility index (Phi) is 4.26. The minimum absolute atomic E-state index is 0.0253. The molecular formula is C18H18ClNO. The molecule has 1 aliphatic carbocycles. The molecule has 1 amide bonds. The quantitative estimate of drug-likeness (QED) is 0.819. The smallest absolute Gasteiger partial charge is 0.251 e. The molecule has 0 aromatic heterocycles. The van der Waals surface area contributed by atoms with Crippen LogP contribution in [0, 0.1) is 5.92 Å². The van der Waals surface area contributed by atoms with Crippen LogP contribution in [0.25, 0.3) is 0 Å². The van der Waals surface area contributed by atoms with E-state index in [0.29, 0.717) is 17.4 Å². The van der Waals surface area contributed by atoms with Crippen LogP contribution < -0.4 is 5.32 Å². The Balaban J connectivity index is 1.78. The molecule has 1 N–H and O–H groups in total. The van der Waals surface area contributed by atoms with Crippen molar-refractivity contribution in [2.24, 2.45) is 5.92 Å². The van der Waals surface area contributed by atoms with Gasteiger partial charge < -0.3 is 5.32 Å². The number of hydrogen-bond acceptors (Lipinski definition) is 1. The van der Waals surface area contributed by atoms with Crippen molar-refractivity contribution in [3.8, 4) is 0 Å². The molecule has 1 aliphatic rings. The van der Waals surface area contributed by atoms with Crippen LogP contribution in [-0.4, -0.2) is 5.91 Å². The molecule has 3 heteroatoms. The number of nitrogens with one attached hydrogen (secondary N) is 1. The van der Waals surface area contributed by atoms with Gasteiger partial charge in [0.15, 0.2) is 0 Å². The molecule has 2 aromatic rings. The van der Waals surface area contributed by atoms with Gasteiger partial charge >= 0.3 is 0 Å². The second-order valence-electron chi connectivity index (χ2n) is 5.53. The predicted molar refractivity (Wildman–Crippen MR) is 85.4 cm³/mol. The van der Waals surface area contributed by atoms with Gasteiger partial charge in [-0.05, 0) is 42.0 Å². The lowest BCUT2D eigenvalue weighted by Crippen LogP contribution is -2.29. The van der Waals surface area contributed by atoms with Gasteiger partial charge in [0.2, 0.25) is 0 Å². The molecule has 1 saturated carbocycles. The molecule has 1 unspecified atom stereocenters. The molecule has 1 fully saturated rings. The Labute approximate surface area is 130 Å². The largest absolute Gasteiger partial charge is 0.345 e. The van der Waals surface area contributed by atoms with Crippen LogP contribution in [0.4, 0.5) is 0 Å². The Morgan fingerprint density at radius 1 is 1.14 bits per heavy atom. The van der Waals surface area contributed by atoms with Gasteiger partial charge in [-0.3, -0.25) is 4.79 Å². The van der Waals surface area contributed by atoms with Crippen molar-refractivity contribution in [1.29, 1.82) is 0 Å². The third kappa shape index (κ3) is 3.45. The fraction of sp³-hybridized carbons (Fsp3) is 0.278. The van der Waals surface area contributed by atoms with Gasteiger partial charge in [0.1, 0.15) is 0 Å². The SMILES string of the molecule is O=C(NC(c1ccccc1)C1CC1)c1cccc(CCl)c1. The Bertz CT molecular complexity index is 622. The molecule has 0 spiro atoms. The monoisotopic (exact) mass is 299 g/mol. The average molecular weight is 300 g/mol. The normalized spacial score (nSPS) is 15.5. The number of carbonyl (C=O) groups is 1. The lowest BCUT2D eigenvalue weighted by Gasteiger charge is -2.19. The van der Waals surface area contributed by atoms with E-state index in [9.17, 15) is 4.79 Å². The van der Waals surface area contributed by atoms with Crippen molar-refractivity contribution in [1.82, 2.24) is 5.32 Å². The van der Waals surface area contributed by atoms with Crippen LogP contribution in [-0.2, 0) is 5.88 Å². The van der Waals surface area contributed by atoms with Gasteiger partial charge in [-0.2, -0.15) is 0 Å². The van der Waals surface area contributed by atoms with Crippen LogP contribution in [0.3, 0.4) is 0 Å². The number of halogens is 1. The van der Waals surface area contributed by atoms with E-state index in [1.54, 1.807) is 0 Å². The highest BCUT2D eigenvalue weighted by atomic mass is 35.5. The lowest BCUT2D eigenvalue weighted by molar-refractivity contribution is 0.0931. The summed E-state index contributed by atoms with van der Waals surface area (Å²) in [6.45, 7) is 0. The van der Waals surface area contributed by atoms with Crippen molar-refractivity contribution >= 4 is 17.5 Å². The number of benzene rings is 2. The van der Waals surface area contributed by atoms with Crippen LogP contribution >= 0.6 is 11.6 Å². The molecule has 0 aliphatic heterocycles. The molecule has 2 nitrogen and oxygen atoms in total. The third-order valence-corrected chi connectivity index (χ3v) is 4.19. The fourth-order valence-electron chi connectivity index (χ4n) is 2.58. The standard InChI is InChI=1S/C18H18ClNO/c19-12-13-5-4-8-16(11-13)18(21)20-17(15-9-10-15)14-6-2-1-3-7-14/h1-8,11,15,17H,9-10,12H2,(H,20,21). The highest BCUT2D eigenvalue weighted by Gasteiger charge is 2.33. The average Bonchev–Trinajstić information content (AvgIpc) is 3.38. The number of alkyl halides is 1. The van der Waals surface area contributed by atoms with Crippen LogP contribution in [0.1, 0.15) is 40.4 Å². The van der Waals surface area contributed by atoms with Crippen LogP contribution in [0.2, 0.25) is 0 Å². The van der Waals surface area contributed by atoms with Crippen molar-refractivity contribution < 1.29 is 4.79 Å². The molecule has 0 heterocycles. The summed E-state index contributed by atoms with van der Waals surface area (Å²) >= 11 is 5.83. The second-order valence-corrected chi connectivity index (χ2v) is 5.80. The predicted octanol–water partition coefficient (Wildman–Crippen LogP) is 4.31. The van der Waals surface area contributed by atoms with E-state index in [1.165, 1.54) is 18.4 Å². The maximum Gasteiger partial charge on any atom is 0.251 e. The molecule has 2 aromatic carbocycles. The van der Waals surface area contributed by atoms with E-state index in [0.717, 1.165) is 5.56 Å². The van der Waals surface area contributed by atoms with Gasteiger partial charge in [-0.1, -0.05) is 42.5 Å². The fourth-order valence-corrected chi connectivity index (χ4v) is 2.75. The van der Waals surface area contributed by atoms with E-state index in [1.807, 2.05) is 42.5 Å². The summed E-state index contributed by atoms with van der Waals surface area (Å²) in [6.07, 6.45) is 2.36. The van der Waals surface area contributed by atoms with Gasteiger partial charge in [0.25, 0.3) is 5.91 Å². The Hall–Kier alpha value is -1.80. The van der Waals surface area contributed by atoms with E-state index in [4.69, 9.17) is 11.6 Å². The number of rotatable bonds is 5. The summed E-state index contributed by atoms with van der Waals surface area (Å²) in [7, 11) is 0. The van der Waals surface area contributed by atoms with Crippen LogP contribution in [0.5, 0.6) is 0 Å². The summed E-state index contributed by atoms with van der Waals surface area (Å²) < 4.78 is 0. The molecule has 1 atom stereocenters. The lowest BCUT2D eigenvalue weighted by atomic mass is 10.0. The first kappa shape index (κ1) is 14.2. The Morgan fingerprint density at radius 3 is 2.57 bits per heavy atom. The minimum Gasteiger partial charge on any atom is -0.345 e. The van der Waals surface area contributed by atoms with E-state index in [-0.39, 0.29) is 11.9 Å². The summed E-state index contributed by atoms with van der Waals surface area (Å²) in [5.41, 5.74) is 2.82. The Morgan fingerprint density at radius 2 is 1.90 bits per heavy atom. The first-order valence-corrected chi connectivity index (χ1v) is 7.82. The van der Waals surface area contributed by atoms with Gasteiger partial charge in [0.05, 0.1) is 6.04 Å². The number of amides is 1. The molecule has 0 bridgehead atoms. The molecule has 3 rings (SSSR count). The summed E-state index contributed by atoms with van der Waals surface area (Å²) in [6, 6.07) is 17.8.